The van der Waals surface area contributed by atoms with E-state index in [-0.39, 0.29) is 42.0 Å². The minimum Gasteiger partial charge on any atom is -0.494 e. The molecule has 0 radical (unpaired) electrons. The first-order chi connectivity index (χ1) is 19.1. The van der Waals surface area contributed by atoms with E-state index in [1.807, 2.05) is 18.2 Å². The van der Waals surface area contributed by atoms with Crippen molar-refractivity contribution in [1.82, 2.24) is 15.2 Å². The maximum absolute atomic E-state index is 13.4. The highest BCUT2D eigenvalue weighted by molar-refractivity contribution is 6.05. The van der Waals surface area contributed by atoms with Gasteiger partial charge in [-0.25, -0.2) is 0 Å². The Morgan fingerprint density at radius 3 is 2.35 bits per heavy atom. The summed E-state index contributed by atoms with van der Waals surface area (Å²) in [6.07, 6.45) is 2.88. The SMILES string of the molecule is Cc1c(C(=O)[C@@H](NC(=O)C[C@H](NC(=O)C=Cc2ccc3c(c2)OCO3)c2ccccc2)C(C)C)c(O)n(C)c1O. The maximum Gasteiger partial charge on any atom is 0.244 e. The highest BCUT2D eigenvalue weighted by Crippen LogP contribution is 2.34. The number of carbonyl (C=O) groups excluding carboxylic acids is 3. The fourth-order valence-electron chi connectivity index (χ4n) is 4.55. The summed E-state index contributed by atoms with van der Waals surface area (Å²) >= 11 is 0. The van der Waals surface area contributed by atoms with Gasteiger partial charge < -0.3 is 30.3 Å². The molecule has 4 rings (SSSR count). The largest absolute Gasteiger partial charge is 0.494 e. The van der Waals surface area contributed by atoms with Crippen LogP contribution in [0.4, 0.5) is 0 Å². The number of nitrogens with one attached hydrogen (secondary N) is 2. The fourth-order valence-corrected chi connectivity index (χ4v) is 4.55. The van der Waals surface area contributed by atoms with Gasteiger partial charge in [0.05, 0.1) is 24.1 Å². The van der Waals surface area contributed by atoms with Crippen LogP contribution >= 0.6 is 0 Å². The van der Waals surface area contributed by atoms with Crippen LogP contribution in [-0.2, 0) is 16.6 Å². The maximum atomic E-state index is 13.4. The number of nitrogens with zero attached hydrogens (tertiary/aromatic N) is 1. The van der Waals surface area contributed by atoms with E-state index in [4.69, 9.17) is 9.47 Å². The Morgan fingerprint density at radius 2 is 1.70 bits per heavy atom. The van der Waals surface area contributed by atoms with Crippen molar-refractivity contribution in [3.63, 3.8) is 0 Å². The first-order valence-corrected chi connectivity index (χ1v) is 12.9. The molecule has 0 spiro atoms. The van der Waals surface area contributed by atoms with Gasteiger partial charge in [0.1, 0.15) is 0 Å². The smallest absolute Gasteiger partial charge is 0.244 e. The van der Waals surface area contributed by atoms with E-state index in [9.17, 15) is 24.6 Å². The first-order valence-electron chi connectivity index (χ1n) is 12.9. The molecule has 4 N–H and O–H groups in total. The molecule has 0 aliphatic carbocycles. The molecule has 0 unspecified atom stereocenters. The predicted molar refractivity (Wildman–Crippen MR) is 148 cm³/mol. The van der Waals surface area contributed by atoms with Crippen molar-refractivity contribution in [3.8, 4) is 23.3 Å². The highest BCUT2D eigenvalue weighted by Gasteiger charge is 2.32. The van der Waals surface area contributed by atoms with Crippen molar-refractivity contribution >= 4 is 23.7 Å². The van der Waals surface area contributed by atoms with Gasteiger partial charge in [-0.2, -0.15) is 0 Å². The second kappa shape index (κ2) is 12.0. The van der Waals surface area contributed by atoms with Crippen LogP contribution in [0.3, 0.4) is 0 Å². The zero-order valence-electron chi connectivity index (χ0n) is 22.8. The van der Waals surface area contributed by atoms with Crippen molar-refractivity contribution in [2.75, 3.05) is 6.79 Å². The van der Waals surface area contributed by atoms with Crippen LogP contribution in [0.25, 0.3) is 6.08 Å². The van der Waals surface area contributed by atoms with E-state index in [0.29, 0.717) is 11.5 Å². The lowest BCUT2D eigenvalue weighted by Crippen LogP contribution is -2.45. The minimum absolute atomic E-state index is 0.0411. The summed E-state index contributed by atoms with van der Waals surface area (Å²) in [4.78, 5) is 39.4. The Morgan fingerprint density at radius 1 is 1.00 bits per heavy atom. The molecule has 210 valence electrons. The van der Waals surface area contributed by atoms with Crippen LogP contribution in [0.15, 0.2) is 54.6 Å². The number of hydrogen-bond acceptors (Lipinski definition) is 7. The van der Waals surface area contributed by atoms with Crippen molar-refractivity contribution in [2.24, 2.45) is 13.0 Å². The molecule has 1 aromatic heterocycles. The number of fused-ring (bicyclic) bond motifs is 1. The second-order valence-electron chi connectivity index (χ2n) is 9.98. The number of rotatable bonds is 10. The van der Waals surface area contributed by atoms with Crippen LogP contribution in [0, 0.1) is 12.8 Å². The highest BCUT2D eigenvalue weighted by atomic mass is 16.7. The molecule has 40 heavy (non-hydrogen) atoms. The number of ketones is 1. The lowest BCUT2D eigenvalue weighted by molar-refractivity contribution is -0.123. The lowest BCUT2D eigenvalue weighted by Gasteiger charge is -2.24. The van der Waals surface area contributed by atoms with Gasteiger partial charge in [-0.1, -0.05) is 50.2 Å². The summed E-state index contributed by atoms with van der Waals surface area (Å²) in [6.45, 7) is 5.23. The molecular formula is C30H33N3O7. The van der Waals surface area contributed by atoms with Gasteiger partial charge in [-0.15, -0.1) is 0 Å². The molecule has 2 aromatic carbocycles. The average molecular weight is 548 g/mol. The summed E-state index contributed by atoms with van der Waals surface area (Å²) < 4.78 is 11.8. The third kappa shape index (κ3) is 6.12. The third-order valence-electron chi connectivity index (χ3n) is 6.81. The van der Waals surface area contributed by atoms with Crippen molar-refractivity contribution < 1.29 is 34.1 Å². The van der Waals surface area contributed by atoms with E-state index in [1.54, 1.807) is 50.3 Å². The van der Waals surface area contributed by atoms with Crippen molar-refractivity contribution in [1.29, 1.82) is 0 Å². The topological polar surface area (TPSA) is 139 Å². The standard InChI is InChI=1S/C30H33N3O7/c1-17(2)27(28(36)26-18(3)29(37)33(4)30(26)38)32-25(35)15-21(20-8-6-5-7-9-20)31-24(34)13-11-19-10-12-22-23(14-19)40-16-39-22/h5-14,17,21,27,37-38H,15-16H2,1-4H3,(H,31,34)(H,32,35)/t21-,27-/m0/s1. The zero-order chi connectivity index (χ0) is 29.0. The normalized spacial score (nSPS) is 13.8. The van der Waals surface area contributed by atoms with Gasteiger partial charge in [0.15, 0.2) is 23.2 Å². The van der Waals surface area contributed by atoms with E-state index < -0.39 is 29.7 Å². The molecular weight excluding hydrogens is 514 g/mol. The Hall–Kier alpha value is -4.73. The predicted octanol–water partition coefficient (Wildman–Crippen LogP) is 3.76. The molecule has 0 saturated heterocycles. The number of ether oxygens (including phenoxy) is 2. The summed E-state index contributed by atoms with van der Waals surface area (Å²) in [5.41, 5.74) is 1.66. The molecule has 0 fully saturated rings. The first kappa shape index (κ1) is 28.3. The minimum atomic E-state index is -0.961. The quantitative estimate of drug-likeness (QED) is 0.224. The molecule has 2 amide bonds. The summed E-state index contributed by atoms with van der Waals surface area (Å²) in [5.74, 6) is -1.05. The number of aromatic nitrogens is 1. The molecule has 3 aromatic rings. The Balaban J connectivity index is 1.48. The molecule has 10 heteroatoms. The third-order valence-corrected chi connectivity index (χ3v) is 6.81. The van der Waals surface area contributed by atoms with E-state index in [1.165, 1.54) is 20.0 Å². The lowest BCUT2D eigenvalue weighted by atomic mass is 9.93. The number of Topliss-reactive ketones (excluding diaryl/α,β-unsaturated/α-hetero) is 1. The summed E-state index contributed by atoms with van der Waals surface area (Å²) in [6, 6.07) is 12.8. The molecule has 1 aliphatic heterocycles. The van der Waals surface area contributed by atoms with Gasteiger partial charge in [0.25, 0.3) is 0 Å². The monoisotopic (exact) mass is 547 g/mol. The zero-order valence-corrected chi connectivity index (χ0v) is 22.8. The second-order valence-corrected chi connectivity index (χ2v) is 9.98. The average Bonchev–Trinajstić information content (AvgIpc) is 3.48. The number of hydrogen-bond donors (Lipinski definition) is 4. The fraction of sp³-hybridized carbons (Fsp3) is 0.300. The van der Waals surface area contributed by atoms with Crippen LogP contribution < -0.4 is 20.1 Å². The molecule has 0 bridgehead atoms. The molecule has 1 aliphatic rings. The van der Waals surface area contributed by atoms with E-state index >= 15 is 0 Å². The molecule has 0 saturated carbocycles. The van der Waals surface area contributed by atoms with Gasteiger partial charge in [-0.05, 0) is 42.2 Å². The Labute approximate surface area is 232 Å². The Bertz CT molecular complexity index is 1420. The molecule has 10 nitrogen and oxygen atoms in total. The van der Waals surface area contributed by atoms with E-state index in [0.717, 1.165) is 15.7 Å². The van der Waals surface area contributed by atoms with Crippen LogP contribution in [0.2, 0.25) is 0 Å². The van der Waals surface area contributed by atoms with Crippen molar-refractivity contribution in [3.05, 3.63) is 76.9 Å². The van der Waals surface area contributed by atoms with Crippen LogP contribution in [-0.4, -0.2) is 45.2 Å². The summed E-state index contributed by atoms with van der Waals surface area (Å²) in [5, 5.41) is 26.2. The Kier molecular flexibility index (Phi) is 8.47. The van der Waals surface area contributed by atoms with Crippen LogP contribution in [0.5, 0.6) is 23.3 Å². The van der Waals surface area contributed by atoms with Gasteiger partial charge in [-0.3, -0.25) is 19.0 Å². The van der Waals surface area contributed by atoms with Gasteiger partial charge >= 0.3 is 0 Å². The van der Waals surface area contributed by atoms with E-state index in [2.05, 4.69) is 10.6 Å². The summed E-state index contributed by atoms with van der Waals surface area (Å²) in [7, 11) is 1.44. The number of aromatic hydroxyl groups is 2. The van der Waals surface area contributed by atoms with Crippen molar-refractivity contribution in [2.45, 2.75) is 39.3 Å². The number of carbonyl (C=O) groups is 3. The molecule has 2 heterocycles. The number of benzene rings is 2. The molecule has 2 atom stereocenters. The van der Waals surface area contributed by atoms with Gasteiger partial charge in [0, 0.05) is 18.7 Å². The van der Waals surface area contributed by atoms with Crippen LogP contribution in [0.1, 0.15) is 53.4 Å². The van der Waals surface area contributed by atoms with Gasteiger partial charge in [0.2, 0.25) is 24.5 Å². The number of amides is 2.